The molecule has 238 valence electrons. The van der Waals surface area contributed by atoms with Gasteiger partial charge in [-0.2, -0.15) is 0 Å². The SMILES string of the molecule is c1ccc(-n2c3ccccc3c3cc(N4c5ccc6ccccc6c5N(c5cncc6ccccc56)c5ccc6ccccc6c54)ccc32)cc1. The van der Waals surface area contributed by atoms with E-state index in [9.17, 15) is 0 Å². The Kier molecular flexibility index (Phi) is 5.92. The Morgan fingerprint density at radius 1 is 0.333 bits per heavy atom. The summed E-state index contributed by atoms with van der Waals surface area (Å²) < 4.78 is 2.38. The van der Waals surface area contributed by atoms with Crippen molar-refractivity contribution in [3.63, 3.8) is 0 Å². The van der Waals surface area contributed by atoms with E-state index in [1.165, 1.54) is 43.4 Å². The first-order chi connectivity index (χ1) is 25.3. The summed E-state index contributed by atoms with van der Waals surface area (Å²) in [6, 6.07) is 61.5. The van der Waals surface area contributed by atoms with Crippen LogP contribution in [-0.4, -0.2) is 9.55 Å². The second-order valence-corrected chi connectivity index (χ2v) is 13.2. The predicted molar refractivity (Wildman–Crippen MR) is 214 cm³/mol. The minimum atomic E-state index is 1.06. The molecule has 0 unspecified atom stereocenters. The molecule has 4 nitrogen and oxygen atoms in total. The first kappa shape index (κ1) is 28.0. The molecule has 0 aliphatic carbocycles. The van der Waals surface area contributed by atoms with Crippen LogP contribution in [0.1, 0.15) is 0 Å². The van der Waals surface area contributed by atoms with Crippen LogP contribution in [0.3, 0.4) is 0 Å². The van der Waals surface area contributed by atoms with E-state index in [1.54, 1.807) is 0 Å². The van der Waals surface area contributed by atoms with Crippen molar-refractivity contribution in [2.75, 3.05) is 9.80 Å². The van der Waals surface area contributed by atoms with Crippen molar-refractivity contribution in [3.8, 4) is 5.69 Å². The van der Waals surface area contributed by atoms with Crippen LogP contribution >= 0.6 is 0 Å². The maximum absolute atomic E-state index is 4.79. The summed E-state index contributed by atoms with van der Waals surface area (Å²) in [5, 5.41) is 9.50. The number of rotatable bonds is 3. The molecule has 0 atom stereocenters. The van der Waals surface area contributed by atoms with Crippen LogP contribution in [0.2, 0.25) is 0 Å². The summed E-state index contributed by atoms with van der Waals surface area (Å²) in [6.45, 7) is 0. The van der Waals surface area contributed by atoms with E-state index < -0.39 is 0 Å². The molecule has 10 aromatic rings. The molecule has 0 N–H and O–H groups in total. The van der Waals surface area contributed by atoms with Gasteiger partial charge in [0.25, 0.3) is 0 Å². The van der Waals surface area contributed by atoms with Gasteiger partial charge in [-0.3, -0.25) is 4.98 Å². The van der Waals surface area contributed by atoms with Crippen LogP contribution in [0.5, 0.6) is 0 Å². The quantitative estimate of drug-likeness (QED) is 0.190. The van der Waals surface area contributed by atoms with Gasteiger partial charge in [-0.25, -0.2) is 0 Å². The van der Waals surface area contributed by atoms with Gasteiger partial charge in [-0.15, -0.1) is 0 Å². The Hall–Kier alpha value is -6.91. The third-order valence-corrected chi connectivity index (χ3v) is 10.5. The zero-order chi connectivity index (χ0) is 33.5. The lowest BCUT2D eigenvalue weighted by Gasteiger charge is -2.42. The molecule has 51 heavy (non-hydrogen) atoms. The Morgan fingerprint density at radius 3 is 1.65 bits per heavy atom. The highest BCUT2D eigenvalue weighted by molar-refractivity contribution is 6.19. The van der Waals surface area contributed by atoms with Crippen molar-refractivity contribution in [2.24, 2.45) is 0 Å². The van der Waals surface area contributed by atoms with Gasteiger partial charge in [-0.1, -0.05) is 121 Å². The van der Waals surface area contributed by atoms with Gasteiger partial charge < -0.3 is 14.4 Å². The Balaban J connectivity index is 1.26. The fraction of sp³-hybridized carbons (Fsp3) is 0. The number of benzene rings is 8. The molecule has 8 aromatic carbocycles. The molecule has 4 heteroatoms. The minimum Gasteiger partial charge on any atom is -0.309 e. The van der Waals surface area contributed by atoms with E-state index in [4.69, 9.17) is 4.98 Å². The summed E-state index contributed by atoms with van der Waals surface area (Å²) in [4.78, 5) is 9.72. The largest absolute Gasteiger partial charge is 0.309 e. The fourth-order valence-corrected chi connectivity index (χ4v) is 8.31. The summed E-state index contributed by atoms with van der Waals surface area (Å²) in [6.07, 6.45) is 3.98. The zero-order valence-corrected chi connectivity index (χ0v) is 27.6. The van der Waals surface area contributed by atoms with Gasteiger partial charge in [0.2, 0.25) is 0 Å². The summed E-state index contributed by atoms with van der Waals surface area (Å²) in [7, 11) is 0. The average Bonchev–Trinajstić information content (AvgIpc) is 3.53. The number of fused-ring (bicyclic) bond motifs is 10. The van der Waals surface area contributed by atoms with Gasteiger partial charge in [0, 0.05) is 49.9 Å². The van der Waals surface area contributed by atoms with Crippen LogP contribution in [0.25, 0.3) is 59.8 Å². The predicted octanol–water partition coefficient (Wildman–Crippen LogP) is 12.9. The molecule has 0 spiro atoms. The highest BCUT2D eigenvalue weighted by Gasteiger charge is 2.34. The lowest BCUT2D eigenvalue weighted by Crippen LogP contribution is -2.25. The van der Waals surface area contributed by atoms with Crippen LogP contribution in [-0.2, 0) is 0 Å². The molecule has 1 aliphatic heterocycles. The van der Waals surface area contributed by atoms with Crippen molar-refractivity contribution in [1.82, 2.24) is 9.55 Å². The number of pyridine rings is 1. The highest BCUT2D eigenvalue weighted by atomic mass is 15.3. The van der Waals surface area contributed by atoms with Gasteiger partial charge in [-0.05, 0) is 59.3 Å². The van der Waals surface area contributed by atoms with Crippen molar-refractivity contribution >= 4 is 88.2 Å². The number of aromatic nitrogens is 2. The molecule has 3 heterocycles. The third-order valence-electron chi connectivity index (χ3n) is 10.5. The minimum absolute atomic E-state index is 1.06. The highest BCUT2D eigenvalue weighted by Crippen LogP contribution is 2.59. The standard InChI is InChI=1S/C47H30N4/c1-2-15-34(16-3-1)49-41-21-11-10-20-39(41)40-28-35(24-27-42(40)49)50-43-25-22-32-13-5-9-19-38(32)47(43)51(45-30-48-29-33-14-6-7-17-36(33)45)44-26-23-31-12-4-8-18-37(31)46(44)50/h1-30H. The van der Waals surface area contributed by atoms with E-state index in [1.807, 2.05) is 12.4 Å². The third kappa shape index (κ3) is 4.05. The number of nitrogens with zero attached hydrogens (tertiary/aromatic N) is 4. The second-order valence-electron chi connectivity index (χ2n) is 13.2. The maximum Gasteiger partial charge on any atom is 0.0783 e. The van der Waals surface area contributed by atoms with Crippen molar-refractivity contribution in [1.29, 1.82) is 0 Å². The van der Waals surface area contributed by atoms with Gasteiger partial charge >= 0.3 is 0 Å². The van der Waals surface area contributed by atoms with Crippen LogP contribution < -0.4 is 9.80 Å². The Bertz CT molecular complexity index is 2990. The smallest absolute Gasteiger partial charge is 0.0783 e. The lowest BCUT2D eigenvalue weighted by atomic mass is 9.96. The van der Waals surface area contributed by atoms with Crippen LogP contribution in [0.4, 0.5) is 34.1 Å². The Labute approximate surface area is 294 Å². The first-order valence-electron chi connectivity index (χ1n) is 17.4. The number of hydrogen-bond acceptors (Lipinski definition) is 3. The van der Waals surface area contributed by atoms with Crippen LogP contribution in [0.15, 0.2) is 182 Å². The molecule has 0 bridgehead atoms. The second kappa shape index (κ2) is 10.8. The number of para-hydroxylation sites is 2. The van der Waals surface area contributed by atoms with E-state index in [0.29, 0.717) is 0 Å². The Morgan fingerprint density at radius 2 is 0.902 bits per heavy atom. The van der Waals surface area contributed by atoms with Gasteiger partial charge in [0.15, 0.2) is 0 Å². The first-order valence-corrected chi connectivity index (χ1v) is 17.4. The molecule has 0 fully saturated rings. The molecule has 1 aliphatic rings. The van der Waals surface area contributed by atoms with Gasteiger partial charge in [0.1, 0.15) is 0 Å². The summed E-state index contributed by atoms with van der Waals surface area (Å²) >= 11 is 0. The average molecular weight is 651 g/mol. The van der Waals surface area contributed by atoms with Crippen molar-refractivity contribution < 1.29 is 0 Å². The fourth-order valence-electron chi connectivity index (χ4n) is 8.31. The zero-order valence-electron chi connectivity index (χ0n) is 27.6. The lowest BCUT2D eigenvalue weighted by molar-refractivity contribution is 1.17. The molecule has 0 saturated carbocycles. The topological polar surface area (TPSA) is 24.3 Å². The van der Waals surface area contributed by atoms with E-state index in [-0.39, 0.29) is 0 Å². The molecule has 2 aromatic heterocycles. The van der Waals surface area contributed by atoms with Crippen molar-refractivity contribution in [3.05, 3.63) is 182 Å². The van der Waals surface area contributed by atoms with Gasteiger partial charge in [0.05, 0.1) is 45.7 Å². The molecule has 0 amide bonds. The molecular weight excluding hydrogens is 621 g/mol. The van der Waals surface area contributed by atoms with E-state index >= 15 is 0 Å². The number of anilines is 6. The molecular formula is C47H30N4. The summed E-state index contributed by atoms with van der Waals surface area (Å²) in [5.41, 5.74) is 10.2. The normalized spacial score (nSPS) is 12.6. The van der Waals surface area contributed by atoms with Crippen molar-refractivity contribution in [2.45, 2.75) is 0 Å². The maximum atomic E-state index is 4.79. The molecule has 11 rings (SSSR count). The number of hydrogen-bond donors (Lipinski definition) is 0. The molecule has 0 radical (unpaired) electrons. The van der Waals surface area contributed by atoms with Crippen LogP contribution in [0, 0.1) is 0 Å². The van der Waals surface area contributed by atoms with E-state index in [0.717, 1.165) is 50.6 Å². The molecule has 0 saturated heterocycles. The van der Waals surface area contributed by atoms with E-state index in [2.05, 4.69) is 184 Å². The summed E-state index contributed by atoms with van der Waals surface area (Å²) in [5.74, 6) is 0. The monoisotopic (exact) mass is 650 g/mol.